The first-order chi connectivity index (χ1) is 8.66. The highest BCUT2D eigenvalue weighted by molar-refractivity contribution is 4.90. The summed E-state index contributed by atoms with van der Waals surface area (Å²) in [6, 6.07) is 0.278. The van der Waals surface area contributed by atoms with Crippen LogP contribution in [0.5, 0.6) is 0 Å². The van der Waals surface area contributed by atoms with Gasteiger partial charge < -0.3 is 9.84 Å². The van der Waals surface area contributed by atoms with E-state index in [4.69, 9.17) is 4.74 Å². The molecule has 1 fully saturated rings. The third-order valence-corrected chi connectivity index (χ3v) is 3.36. The molecule has 2 heterocycles. The van der Waals surface area contributed by atoms with E-state index in [0.717, 1.165) is 25.3 Å². The minimum atomic E-state index is -0.394. The highest BCUT2D eigenvalue weighted by Gasteiger charge is 2.20. The van der Waals surface area contributed by atoms with Crippen LogP contribution in [0.15, 0.2) is 6.33 Å². The summed E-state index contributed by atoms with van der Waals surface area (Å²) in [7, 11) is 0. The fourth-order valence-electron chi connectivity index (χ4n) is 2.44. The molecule has 0 bridgehead atoms. The van der Waals surface area contributed by atoms with Crippen LogP contribution in [-0.4, -0.2) is 38.7 Å². The van der Waals surface area contributed by atoms with E-state index in [2.05, 4.69) is 23.9 Å². The maximum absolute atomic E-state index is 10.1. The molecule has 0 radical (unpaired) electrons. The molecule has 18 heavy (non-hydrogen) atoms. The van der Waals surface area contributed by atoms with E-state index in [1.807, 2.05) is 4.68 Å². The summed E-state index contributed by atoms with van der Waals surface area (Å²) in [5, 5.41) is 14.3. The van der Waals surface area contributed by atoms with Gasteiger partial charge in [-0.25, -0.2) is 9.67 Å². The zero-order chi connectivity index (χ0) is 13.0. The molecule has 1 saturated heterocycles. The molecule has 2 unspecified atom stereocenters. The van der Waals surface area contributed by atoms with E-state index >= 15 is 0 Å². The third-order valence-electron chi connectivity index (χ3n) is 3.36. The second-order valence-electron chi connectivity index (χ2n) is 5.30. The first kappa shape index (κ1) is 13.5. The van der Waals surface area contributed by atoms with Crippen LogP contribution in [0.3, 0.4) is 0 Å². The number of hydrogen-bond acceptors (Lipinski definition) is 4. The SMILES string of the molecule is CC(C)n1ncnc1CC(O)CC1CCCCO1. The number of aliphatic hydroxyl groups is 1. The van der Waals surface area contributed by atoms with Crippen LogP contribution in [0.1, 0.15) is 51.4 Å². The number of rotatable bonds is 5. The quantitative estimate of drug-likeness (QED) is 0.868. The molecule has 2 atom stereocenters. The number of aliphatic hydroxyl groups excluding tert-OH is 1. The van der Waals surface area contributed by atoms with Crippen LogP contribution < -0.4 is 0 Å². The summed E-state index contributed by atoms with van der Waals surface area (Å²) in [6.07, 6.45) is 6.04. The molecule has 0 aliphatic carbocycles. The van der Waals surface area contributed by atoms with Gasteiger partial charge in [-0.15, -0.1) is 0 Å². The van der Waals surface area contributed by atoms with E-state index < -0.39 is 6.10 Å². The van der Waals surface area contributed by atoms with Gasteiger partial charge in [0.1, 0.15) is 12.2 Å². The van der Waals surface area contributed by atoms with E-state index in [-0.39, 0.29) is 12.1 Å². The van der Waals surface area contributed by atoms with Crippen LogP contribution in [0, 0.1) is 0 Å². The van der Waals surface area contributed by atoms with Gasteiger partial charge in [0, 0.05) is 19.1 Å². The molecule has 1 aromatic rings. The van der Waals surface area contributed by atoms with Crippen LogP contribution in [0.25, 0.3) is 0 Å². The van der Waals surface area contributed by atoms with Gasteiger partial charge in [-0.1, -0.05) is 0 Å². The molecule has 5 nitrogen and oxygen atoms in total. The zero-order valence-corrected chi connectivity index (χ0v) is 11.2. The Morgan fingerprint density at radius 2 is 2.33 bits per heavy atom. The van der Waals surface area contributed by atoms with E-state index in [1.54, 1.807) is 6.33 Å². The minimum Gasteiger partial charge on any atom is -0.393 e. The molecule has 1 N–H and O–H groups in total. The summed E-state index contributed by atoms with van der Waals surface area (Å²) < 4.78 is 7.51. The second kappa shape index (κ2) is 6.29. The standard InChI is InChI=1S/C13H23N3O2/c1-10(2)16-13(14-9-15-16)8-11(17)7-12-5-3-4-6-18-12/h9-12,17H,3-8H2,1-2H3. The van der Waals surface area contributed by atoms with Crippen molar-refractivity contribution in [2.45, 2.75) is 64.2 Å². The Kier molecular flexibility index (Phi) is 4.72. The normalized spacial score (nSPS) is 22.3. The fourth-order valence-corrected chi connectivity index (χ4v) is 2.44. The van der Waals surface area contributed by atoms with Gasteiger partial charge in [-0.3, -0.25) is 0 Å². The topological polar surface area (TPSA) is 60.2 Å². The zero-order valence-electron chi connectivity index (χ0n) is 11.2. The molecule has 1 aliphatic rings. The fraction of sp³-hybridized carbons (Fsp3) is 0.846. The molecule has 1 aliphatic heterocycles. The van der Waals surface area contributed by atoms with Gasteiger partial charge in [0.05, 0.1) is 12.2 Å². The van der Waals surface area contributed by atoms with Gasteiger partial charge in [-0.2, -0.15) is 5.10 Å². The molecular weight excluding hydrogens is 230 g/mol. The minimum absolute atomic E-state index is 0.212. The van der Waals surface area contributed by atoms with Crippen molar-refractivity contribution < 1.29 is 9.84 Å². The van der Waals surface area contributed by atoms with Crippen LogP contribution in [0.2, 0.25) is 0 Å². The monoisotopic (exact) mass is 253 g/mol. The van der Waals surface area contributed by atoms with Crippen molar-refractivity contribution in [1.82, 2.24) is 14.8 Å². The first-order valence-corrected chi connectivity index (χ1v) is 6.85. The molecule has 0 spiro atoms. The van der Waals surface area contributed by atoms with Crippen molar-refractivity contribution in [3.05, 3.63) is 12.2 Å². The number of aromatic nitrogens is 3. The van der Waals surface area contributed by atoms with Gasteiger partial charge in [0.15, 0.2) is 0 Å². The third kappa shape index (κ3) is 3.53. The summed E-state index contributed by atoms with van der Waals surface area (Å²) in [4.78, 5) is 4.22. The van der Waals surface area contributed by atoms with Crippen molar-refractivity contribution >= 4 is 0 Å². The van der Waals surface area contributed by atoms with Gasteiger partial charge in [0.2, 0.25) is 0 Å². The van der Waals surface area contributed by atoms with Gasteiger partial charge >= 0.3 is 0 Å². The van der Waals surface area contributed by atoms with Gasteiger partial charge in [0.25, 0.3) is 0 Å². The Morgan fingerprint density at radius 1 is 1.50 bits per heavy atom. The summed E-state index contributed by atoms with van der Waals surface area (Å²) >= 11 is 0. The first-order valence-electron chi connectivity index (χ1n) is 6.85. The lowest BCUT2D eigenvalue weighted by Crippen LogP contribution is -2.26. The summed E-state index contributed by atoms with van der Waals surface area (Å²) in [6.45, 7) is 4.96. The smallest absolute Gasteiger partial charge is 0.138 e. The van der Waals surface area contributed by atoms with Crippen LogP contribution in [-0.2, 0) is 11.2 Å². The van der Waals surface area contributed by atoms with Crippen molar-refractivity contribution in [2.75, 3.05) is 6.61 Å². The predicted molar refractivity (Wildman–Crippen MR) is 68.3 cm³/mol. The Labute approximate surface area is 108 Å². The molecule has 0 amide bonds. The molecule has 102 valence electrons. The Balaban J connectivity index is 1.86. The van der Waals surface area contributed by atoms with E-state index in [0.29, 0.717) is 12.8 Å². The average Bonchev–Trinajstić information content (AvgIpc) is 2.78. The molecule has 2 rings (SSSR count). The number of hydrogen-bond donors (Lipinski definition) is 1. The molecule has 0 saturated carbocycles. The van der Waals surface area contributed by atoms with Crippen molar-refractivity contribution in [2.24, 2.45) is 0 Å². The molecule has 0 aromatic carbocycles. The van der Waals surface area contributed by atoms with E-state index in [9.17, 15) is 5.11 Å². The Hall–Kier alpha value is -0.940. The van der Waals surface area contributed by atoms with E-state index in [1.165, 1.54) is 6.42 Å². The lowest BCUT2D eigenvalue weighted by atomic mass is 10.0. The number of nitrogens with zero attached hydrogens (tertiary/aromatic N) is 3. The largest absolute Gasteiger partial charge is 0.393 e. The highest BCUT2D eigenvalue weighted by atomic mass is 16.5. The summed E-state index contributed by atoms with van der Waals surface area (Å²) in [5.41, 5.74) is 0. The summed E-state index contributed by atoms with van der Waals surface area (Å²) in [5.74, 6) is 0.855. The lowest BCUT2D eigenvalue weighted by molar-refractivity contribution is -0.0152. The Bertz CT molecular complexity index is 359. The molecular formula is C13H23N3O2. The second-order valence-corrected chi connectivity index (χ2v) is 5.30. The van der Waals surface area contributed by atoms with Crippen molar-refractivity contribution in [1.29, 1.82) is 0 Å². The van der Waals surface area contributed by atoms with Crippen molar-refractivity contribution in [3.63, 3.8) is 0 Å². The Morgan fingerprint density at radius 3 is 3.00 bits per heavy atom. The number of ether oxygens (including phenoxy) is 1. The van der Waals surface area contributed by atoms with Gasteiger partial charge in [-0.05, 0) is 39.5 Å². The average molecular weight is 253 g/mol. The predicted octanol–water partition coefficient (Wildman–Crippen LogP) is 1.72. The maximum atomic E-state index is 10.1. The molecule has 5 heteroatoms. The van der Waals surface area contributed by atoms with Crippen molar-refractivity contribution in [3.8, 4) is 0 Å². The lowest BCUT2D eigenvalue weighted by Gasteiger charge is -2.24. The van der Waals surface area contributed by atoms with Crippen LogP contribution in [0.4, 0.5) is 0 Å². The molecule has 1 aromatic heterocycles. The van der Waals surface area contributed by atoms with Crippen LogP contribution >= 0.6 is 0 Å². The maximum Gasteiger partial charge on any atom is 0.138 e. The highest BCUT2D eigenvalue weighted by Crippen LogP contribution is 2.18.